The van der Waals surface area contributed by atoms with Crippen LogP contribution in [0.1, 0.15) is 16.4 Å². The Balaban J connectivity index is 2.96. The zero-order valence-corrected chi connectivity index (χ0v) is 7.80. The Labute approximate surface area is 73.6 Å². The minimum Gasteiger partial charge on any atom is -0.207 e. The van der Waals surface area contributed by atoms with E-state index in [1.165, 1.54) is 6.07 Å². The predicted octanol–water partition coefficient (Wildman–Crippen LogP) is 3.32. The standard InChI is InChI=1S/C8H8FI/c1-6(10)7-3-2-4-8(9)5-7/h2-6H,1H3/t6-/m1/s1. The van der Waals surface area contributed by atoms with Crippen molar-refractivity contribution in [3.05, 3.63) is 35.6 Å². The molecule has 0 fully saturated rings. The van der Waals surface area contributed by atoms with E-state index >= 15 is 0 Å². The quantitative estimate of drug-likeness (QED) is 0.529. The highest BCUT2D eigenvalue weighted by Crippen LogP contribution is 2.21. The molecule has 0 aliphatic rings. The van der Waals surface area contributed by atoms with Crippen molar-refractivity contribution in [2.45, 2.75) is 10.8 Å². The van der Waals surface area contributed by atoms with Crippen LogP contribution in [0.4, 0.5) is 4.39 Å². The van der Waals surface area contributed by atoms with Crippen LogP contribution in [0.15, 0.2) is 24.3 Å². The third kappa shape index (κ3) is 1.94. The Kier molecular flexibility index (Phi) is 2.65. The van der Waals surface area contributed by atoms with Crippen LogP contribution in [0.5, 0.6) is 0 Å². The van der Waals surface area contributed by atoms with Gasteiger partial charge in [-0.15, -0.1) is 0 Å². The molecule has 0 amide bonds. The van der Waals surface area contributed by atoms with Crippen LogP contribution in [0.2, 0.25) is 0 Å². The smallest absolute Gasteiger partial charge is 0.123 e. The highest BCUT2D eigenvalue weighted by atomic mass is 127. The molecule has 1 atom stereocenters. The highest BCUT2D eigenvalue weighted by molar-refractivity contribution is 14.1. The number of hydrogen-bond donors (Lipinski definition) is 0. The van der Waals surface area contributed by atoms with Gasteiger partial charge in [-0.05, 0) is 24.6 Å². The average molecular weight is 250 g/mol. The molecule has 0 unspecified atom stereocenters. The zero-order valence-electron chi connectivity index (χ0n) is 5.64. The molecule has 0 heterocycles. The van der Waals surface area contributed by atoms with Crippen molar-refractivity contribution in [1.29, 1.82) is 0 Å². The molecular weight excluding hydrogens is 242 g/mol. The largest absolute Gasteiger partial charge is 0.207 e. The molecule has 0 radical (unpaired) electrons. The molecule has 1 rings (SSSR count). The summed E-state index contributed by atoms with van der Waals surface area (Å²) in [4.78, 5) is 0. The van der Waals surface area contributed by atoms with Crippen LogP contribution in [0.3, 0.4) is 0 Å². The predicted molar refractivity (Wildman–Crippen MR) is 48.8 cm³/mol. The second kappa shape index (κ2) is 3.32. The minimum atomic E-state index is -0.152. The summed E-state index contributed by atoms with van der Waals surface area (Å²) in [5.41, 5.74) is 1.04. The van der Waals surface area contributed by atoms with E-state index in [1.807, 2.05) is 13.0 Å². The summed E-state index contributed by atoms with van der Waals surface area (Å²) in [6.07, 6.45) is 0. The minimum absolute atomic E-state index is 0.152. The summed E-state index contributed by atoms with van der Waals surface area (Å²) in [7, 11) is 0. The molecule has 54 valence electrons. The molecule has 0 spiro atoms. The fourth-order valence-electron chi connectivity index (χ4n) is 0.754. The van der Waals surface area contributed by atoms with E-state index < -0.39 is 0 Å². The van der Waals surface area contributed by atoms with Gasteiger partial charge >= 0.3 is 0 Å². The monoisotopic (exact) mass is 250 g/mol. The summed E-state index contributed by atoms with van der Waals surface area (Å²) in [5.74, 6) is -0.152. The Morgan fingerprint density at radius 1 is 1.50 bits per heavy atom. The number of halogens is 2. The lowest BCUT2D eigenvalue weighted by Crippen LogP contribution is -1.83. The van der Waals surface area contributed by atoms with Crippen LogP contribution < -0.4 is 0 Å². The van der Waals surface area contributed by atoms with Gasteiger partial charge in [-0.3, -0.25) is 0 Å². The maximum atomic E-state index is 12.5. The van der Waals surface area contributed by atoms with Crippen molar-refractivity contribution in [3.63, 3.8) is 0 Å². The van der Waals surface area contributed by atoms with Crippen molar-refractivity contribution >= 4 is 22.6 Å². The van der Waals surface area contributed by atoms with E-state index in [0.29, 0.717) is 3.92 Å². The van der Waals surface area contributed by atoms with Crippen molar-refractivity contribution in [1.82, 2.24) is 0 Å². The SMILES string of the molecule is C[C@@H](I)c1cccc(F)c1. The van der Waals surface area contributed by atoms with Gasteiger partial charge in [0.05, 0.1) is 0 Å². The molecule has 0 aliphatic heterocycles. The molecule has 10 heavy (non-hydrogen) atoms. The molecule has 0 aromatic heterocycles. The van der Waals surface area contributed by atoms with Gasteiger partial charge in [-0.1, -0.05) is 34.7 Å². The number of hydrogen-bond acceptors (Lipinski definition) is 0. The third-order valence-electron chi connectivity index (χ3n) is 1.31. The van der Waals surface area contributed by atoms with Crippen molar-refractivity contribution in [2.24, 2.45) is 0 Å². The van der Waals surface area contributed by atoms with Gasteiger partial charge in [-0.2, -0.15) is 0 Å². The molecule has 2 heteroatoms. The Morgan fingerprint density at radius 2 is 2.20 bits per heavy atom. The van der Waals surface area contributed by atoms with Gasteiger partial charge < -0.3 is 0 Å². The molecule has 0 N–H and O–H groups in total. The molecule has 1 aromatic carbocycles. The van der Waals surface area contributed by atoms with E-state index in [2.05, 4.69) is 22.6 Å². The van der Waals surface area contributed by atoms with E-state index in [4.69, 9.17) is 0 Å². The van der Waals surface area contributed by atoms with Gasteiger partial charge in [0, 0.05) is 3.92 Å². The molecule has 0 saturated heterocycles. The molecule has 0 saturated carbocycles. The summed E-state index contributed by atoms with van der Waals surface area (Å²) in [6.45, 7) is 2.04. The summed E-state index contributed by atoms with van der Waals surface area (Å²) in [5, 5.41) is 0. The van der Waals surface area contributed by atoms with Crippen molar-refractivity contribution < 1.29 is 4.39 Å². The van der Waals surface area contributed by atoms with E-state index in [9.17, 15) is 4.39 Å². The first-order valence-corrected chi connectivity index (χ1v) is 4.34. The van der Waals surface area contributed by atoms with Crippen LogP contribution in [0.25, 0.3) is 0 Å². The number of benzene rings is 1. The van der Waals surface area contributed by atoms with Gasteiger partial charge in [0.15, 0.2) is 0 Å². The maximum absolute atomic E-state index is 12.5. The zero-order chi connectivity index (χ0) is 7.56. The van der Waals surface area contributed by atoms with E-state index in [-0.39, 0.29) is 5.82 Å². The first-order chi connectivity index (χ1) is 4.70. The first-order valence-electron chi connectivity index (χ1n) is 3.09. The number of rotatable bonds is 1. The third-order valence-corrected chi connectivity index (χ3v) is 2.03. The highest BCUT2D eigenvalue weighted by Gasteiger charge is 1.99. The Bertz CT molecular complexity index is 220. The molecule has 1 aromatic rings. The summed E-state index contributed by atoms with van der Waals surface area (Å²) in [6, 6.07) is 6.69. The molecule has 0 nitrogen and oxygen atoms in total. The van der Waals surface area contributed by atoms with Gasteiger partial charge in [0.2, 0.25) is 0 Å². The van der Waals surface area contributed by atoms with Crippen LogP contribution >= 0.6 is 22.6 Å². The summed E-state index contributed by atoms with van der Waals surface area (Å²) >= 11 is 2.26. The van der Waals surface area contributed by atoms with Crippen molar-refractivity contribution in [2.75, 3.05) is 0 Å². The van der Waals surface area contributed by atoms with Crippen LogP contribution in [0, 0.1) is 5.82 Å². The summed E-state index contributed by atoms with van der Waals surface area (Å²) < 4.78 is 12.9. The molecule has 0 aliphatic carbocycles. The fraction of sp³-hybridized carbons (Fsp3) is 0.250. The lowest BCUT2D eigenvalue weighted by atomic mass is 10.2. The lowest BCUT2D eigenvalue weighted by Gasteiger charge is -2.01. The topological polar surface area (TPSA) is 0 Å². The van der Waals surface area contributed by atoms with Gasteiger partial charge in [0.25, 0.3) is 0 Å². The second-order valence-corrected chi connectivity index (χ2v) is 4.04. The van der Waals surface area contributed by atoms with Crippen molar-refractivity contribution in [3.8, 4) is 0 Å². The maximum Gasteiger partial charge on any atom is 0.123 e. The van der Waals surface area contributed by atoms with Crippen LogP contribution in [-0.2, 0) is 0 Å². The van der Waals surface area contributed by atoms with E-state index in [0.717, 1.165) is 5.56 Å². The average Bonchev–Trinajstić information content (AvgIpc) is 1.88. The van der Waals surface area contributed by atoms with Gasteiger partial charge in [-0.25, -0.2) is 4.39 Å². The van der Waals surface area contributed by atoms with Crippen LogP contribution in [-0.4, -0.2) is 0 Å². The van der Waals surface area contributed by atoms with Gasteiger partial charge in [0.1, 0.15) is 5.82 Å². The van der Waals surface area contributed by atoms with E-state index in [1.54, 1.807) is 12.1 Å². The molecular formula is C8H8FI. The fourth-order valence-corrected chi connectivity index (χ4v) is 1.14. The Morgan fingerprint density at radius 3 is 2.60 bits per heavy atom. The lowest BCUT2D eigenvalue weighted by molar-refractivity contribution is 0.626. The normalized spacial score (nSPS) is 13.1. The first kappa shape index (κ1) is 7.98. The Hall–Kier alpha value is -0.120. The number of alkyl halides is 1. The molecule has 0 bridgehead atoms. The second-order valence-electron chi connectivity index (χ2n) is 2.17.